The minimum atomic E-state index is -0.687. The molecule has 0 saturated carbocycles. The van der Waals surface area contributed by atoms with Gasteiger partial charge in [0.15, 0.2) is 0 Å². The molecule has 2 heterocycles. The molecule has 0 radical (unpaired) electrons. The number of halogens is 1. The molecule has 114 valence electrons. The van der Waals surface area contributed by atoms with E-state index in [1.807, 2.05) is 19.9 Å². The van der Waals surface area contributed by atoms with E-state index in [1.54, 1.807) is 6.07 Å². The van der Waals surface area contributed by atoms with Crippen LogP contribution in [0.25, 0.3) is 0 Å². The summed E-state index contributed by atoms with van der Waals surface area (Å²) in [4.78, 5) is 15.2. The average Bonchev–Trinajstić information content (AvgIpc) is 2.71. The summed E-state index contributed by atoms with van der Waals surface area (Å²) in [7, 11) is 0. The van der Waals surface area contributed by atoms with Gasteiger partial charge >= 0.3 is 0 Å². The lowest BCUT2D eigenvalue weighted by Gasteiger charge is -2.36. The molecule has 2 aliphatic rings. The summed E-state index contributed by atoms with van der Waals surface area (Å²) in [5.41, 5.74) is 0.0666. The fourth-order valence-corrected chi connectivity index (χ4v) is 3.64. The third kappa shape index (κ3) is 2.57. The van der Waals surface area contributed by atoms with Crippen LogP contribution in [0.15, 0.2) is 24.3 Å². The summed E-state index contributed by atoms with van der Waals surface area (Å²) in [6, 6.07) is 7.06. The minimum Gasteiger partial charge on any atom is -0.335 e. The van der Waals surface area contributed by atoms with Crippen LogP contribution in [0.2, 0.25) is 0 Å². The first-order chi connectivity index (χ1) is 10.00. The molecule has 4 heteroatoms. The van der Waals surface area contributed by atoms with Gasteiger partial charge in [0.1, 0.15) is 5.82 Å². The Hall–Kier alpha value is -1.42. The number of nitrogens with one attached hydrogen (secondary N) is 1. The van der Waals surface area contributed by atoms with Crippen molar-refractivity contribution in [3.63, 3.8) is 0 Å². The van der Waals surface area contributed by atoms with E-state index in [-0.39, 0.29) is 17.8 Å². The number of amides is 1. The topological polar surface area (TPSA) is 32.3 Å². The van der Waals surface area contributed by atoms with E-state index in [1.165, 1.54) is 12.1 Å². The predicted octanol–water partition coefficient (Wildman–Crippen LogP) is 2.46. The lowest BCUT2D eigenvalue weighted by atomic mass is 9.82. The standard InChI is InChI=1S/C17H23FN2O/c1-17(2,12-4-3-5-13(18)10-12)16(21)20-14-6-7-15(20)11-19-9-8-14/h3-5,10,14-15,19H,6-9,11H2,1-2H3. The number of hydrogen-bond acceptors (Lipinski definition) is 2. The summed E-state index contributed by atoms with van der Waals surface area (Å²) in [5.74, 6) is -0.154. The van der Waals surface area contributed by atoms with Crippen molar-refractivity contribution >= 4 is 5.91 Å². The quantitative estimate of drug-likeness (QED) is 0.907. The van der Waals surface area contributed by atoms with Crippen LogP contribution in [-0.2, 0) is 10.2 Å². The molecule has 0 aliphatic carbocycles. The van der Waals surface area contributed by atoms with E-state index in [9.17, 15) is 9.18 Å². The maximum Gasteiger partial charge on any atom is 0.233 e. The molecule has 2 fully saturated rings. The van der Waals surface area contributed by atoms with E-state index in [4.69, 9.17) is 0 Å². The van der Waals surface area contributed by atoms with E-state index < -0.39 is 5.41 Å². The molecule has 1 aromatic rings. The zero-order chi connectivity index (χ0) is 15.0. The van der Waals surface area contributed by atoms with Gasteiger partial charge in [0.2, 0.25) is 5.91 Å². The SMILES string of the molecule is CC(C)(C(=O)N1C2CCNCC1CC2)c1cccc(F)c1. The largest absolute Gasteiger partial charge is 0.335 e. The summed E-state index contributed by atoms with van der Waals surface area (Å²) in [6.07, 6.45) is 3.18. The fourth-order valence-electron chi connectivity index (χ4n) is 3.64. The van der Waals surface area contributed by atoms with Crippen LogP contribution >= 0.6 is 0 Å². The van der Waals surface area contributed by atoms with Gasteiger partial charge in [0.05, 0.1) is 5.41 Å². The molecule has 1 aromatic carbocycles. The second-order valence-corrected chi connectivity index (χ2v) is 6.73. The lowest BCUT2D eigenvalue weighted by molar-refractivity contribution is -0.139. The zero-order valence-corrected chi connectivity index (χ0v) is 12.7. The van der Waals surface area contributed by atoms with Crippen LogP contribution in [0.3, 0.4) is 0 Å². The highest BCUT2D eigenvalue weighted by molar-refractivity contribution is 5.88. The number of hydrogen-bond donors (Lipinski definition) is 1. The number of benzene rings is 1. The highest BCUT2D eigenvalue weighted by atomic mass is 19.1. The molecule has 2 aliphatic heterocycles. The first-order valence-corrected chi connectivity index (χ1v) is 7.79. The van der Waals surface area contributed by atoms with Crippen molar-refractivity contribution in [1.29, 1.82) is 0 Å². The van der Waals surface area contributed by atoms with Crippen LogP contribution in [0.1, 0.15) is 38.7 Å². The Bertz CT molecular complexity index is 529. The van der Waals surface area contributed by atoms with Crippen molar-refractivity contribution in [2.24, 2.45) is 0 Å². The molecule has 1 amide bonds. The number of fused-ring (bicyclic) bond motifs is 2. The van der Waals surface area contributed by atoms with Gasteiger partial charge in [-0.05, 0) is 57.4 Å². The molecule has 3 nitrogen and oxygen atoms in total. The summed E-state index contributed by atoms with van der Waals surface area (Å²) in [5, 5.41) is 3.41. The van der Waals surface area contributed by atoms with Crippen molar-refractivity contribution in [2.75, 3.05) is 13.1 Å². The molecule has 2 unspecified atom stereocenters. The van der Waals surface area contributed by atoms with Crippen molar-refractivity contribution in [3.05, 3.63) is 35.6 Å². The molecule has 3 rings (SSSR count). The fraction of sp³-hybridized carbons (Fsp3) is 0.588. The van der Waals surface area contributed by atoms with Crippen molar-refractivity contribution in [3.8, 4) is 0 Å². The summed E-state index contributed by atoms with van der Waals surface area (Å²) < 4.78 is 13.5. The molecular weight excluding hydrogens is 267 g/mol. The monoisotopic (exact) mass is 290 g/mol. The maximum atomic E-state index is 13.5. The van der Waals surface area contributed by atoms with Crippen LogP contribution in [0, 0.1) is 5.82 Å². The average molecular weight is 290 g/mol. The van der Waals surface area contributed by atoms with Crippen LogP contribution < -0.4 is 5.32 Å². The first kappa shape index (κ1) is 14.5. The van der Waals surface area contributed by atoms with Crippen LogP contribution in [0.4, 0.5) is 4.39 Å². The Morgan fingerprint density at radius 1 is 1.29 bits per heavy atom. The molecule has 0 aromatic heterocycles. The number of nitrogens with zero attached hydrogens (tertiary/aromatic N) is 1. The van der Waals surface area contributed by atoms with Crippen molar-refractivity contribution in [2.45, 2.75) is 50.6 Å². The smallest absolute Gasteiger partial charge is 0.233 e. The molecule has 0 spiro atoms. The number of carbonyl (C=O) groups is 1. The van der Waals surface area contributed by atoms with Crippen molar-refractivity contribution < 1.29 is 9.18 Å². The minimum absolute atomic E-state index is 0.129. The third-order valence-electron chi connectivity index (χ3n) is 4.97. The van der Waals surface area contributed by atoms with Gasteiger partial charge in [0.25, 0.3) is 0 Å². The van der Waals surface area contributed by atoms with E-state index in [2.05, 4.69) is 10.2 Å². The third-order valence-corrected chi connectivity index (χ3v) is 4.97. The van der Waals surface area contributed by atoms with Gasteiger partial charge in [-0.2, -0.15) is 0 Å². The normalized spacial score (nSPS) is 25.8. The number of carbonyl (C=O) groups excluding carboxylic acids is 1. The van der Waals surface area contributed by atoms with Gasteiger partial charge in [-0.15, -0.1) is 0 Å². The molecule has 21 heavy (non-hydrogen) atoms. The van der Waals surface area contributed by atoms with Gasteiger partial charge < -0.3 is 10.2 Å². The zero-order valence-electron chi connectivity index (χ0n) is 12.7. The van der Waals surface area contributed by atoms with Gasteiger partial charge in [-0.3, -0.25) is 4.79 Å². The van der Waals surface area contributed by atoms with Gasteiger partial charge in [0, 0.05) is 18.6 Å². The Morgan fingerprint density at radius 2 is 2.05 bits per heavy atom. The molecule has 1 N–H and O–H groups in total. The highest BCUT2D eigenvalue weighted by Gasteiger charge is 2.44. The second kappa shape index (κ2) is 5.41. The second-order valence-electron chi connectivity index (χ2n) is 6.73. The first-order valence-electron chi connectivity index (χ1n) is 7.79. The van der Waals surface area contributed by atoms with E-state index in [0.29, 0.717) is 6.04 Å². The molecular formula is C17H23FN2O. The molecule has 2 bridgehead atoms. The van der Waals surface area contributed by atoms with Crippen molar-refractivity contribution in [1.82, 2.24) is 10.2 Å². The molecule has 2 atom stereocenters. The Labute approximate surface area is 125 Å². The van der Waals surface area contributed by atoms with Gasteiger partial charge in [-0.25, -0.2) is 4.39 Å². The van der Waals surface area contributed by atoms with Crippen LogP contribution in [0.5, 0.6) is 0 Å². The molecule has 2 saturated heterocycles. The van der Waals surface area contributed by atoms with Crippen LogP contribution in [-0.4, -0.2) is 36.0 Å². The Balaban J connectivity index is 1.90. The lowest BCUT2D eigenvalue weighted by Crippen LogP contribution is -2.50. The Kier molecular flexibility index (Phi) is 3.74. The Morgan fingerprint density at radius 3 is 2.81 bits per heavy atom. The summed E-state index contributed by atoms with van der Waals surface area (Å²) >= 11 is 0. The van der Waals surface area contributed by atoms with E-state index >= 15 is 0 Å². The predicted molar refractivity (Wildman–Crippen MR) is 80.6 cm³/mol. The maximum absolute atomic E-state index is 13.5. The van der Waals surface area contributed by atoms with E-state index in [0.717, 1.165) is 37.9 Å². The van der Waals surface area contributed by atoms with Gasteiger partial charge in [-0.1, -0.05) is 12.1 Å². The highest BCUT2D eigenvalue weighted by Crippen LogP contribution is 2.34. The number of rotatable bonds is 2. The summed E-state index contributed by atoms with van der Waals surface area (Å²) in [6.45, 7) is 5.66.